The molecule has 0 aliphatic carbocycles. The van der Waals surface area contributed by atoms with Gasteiger partial charge in [-0.3, -0.25) is 9.78 Å². The van der Waals surface area contributed by atoms with Crippen molar-refractivity contribution in [2.24, 2.45) is 0 Å². The molecule has 0 unspecified atom stereocenters. The lowest BCUT2D eigenvalue weighted by Gasteiger charge is -2.16. The van der Waals surface area contributed by atoms with E-state index in [-0.39, 0.29) is 11.7 Å². The molecule has 1 heterocycles. The van der Waals surface area contributed by atoms with Gasteiger partial charge in [-0.25, -0.2) is 4.39 Å². The van der Waals surface area contributed by atoms with Gasteiger partial charge in [0.2, 0.25) is 0 Å². The molecule has 0 aliphatic heterocycles. The molecule has 1 amide bonds. The predicted octanol–water partition coefficient (Wildman–Crippen LogP) is 2.50. The number of aromatic nitrogens is 1. The number of nitrogens with zero attached hydrogens (tertiary/aromatic N) is 2. The predicted molar refractivity (Wildman–Crippen MR) is 63.4 cm³/mol. The number of carbonyl (C=O) groups excluding carboxylic acids is 1. The molecule has 4 heteroatoms. The maximum Gasteiger partial charge on any atom is 0.276 e. The molecule has 0 atom stereocenters. The highest BCUT2D eigenvalue weighted by molar-refractivity contribution is 6.04. The molecule has 86 valence electrons. The van der Waals surface area contributed by atoms with Gasteiger partial charge >= 0.3 is 0 Å². The van der Waals surface area contributed by atoms with Gasteiger partial charge in [0.1, 0.15) is 11.5 Å². The Balaban J connectivity index is 2.27. The maximum absolute atomic E-state index is 13.0. The van der Waals surface area contributed by atoms with Crippen LogP contribution in [0.3, 0.4) is 0 Å². The number of rotatable bonds is 2. The van der Waals surface area contributed by atoms with Gasteiger partial charge < -0.3 is 4.90 Å². The van der Waals surface area contributed by atoms with Crippen LogP contribution in [0.5, 0.6) is 0 Å². The normalized spacial score (nSPS) is 10.0. The first-order valence-corrected chi connectivity index (χ1v) is 5.13. The number of amides is 1. The van der Waals surface area contributed by atoms with Crippen LogP contribution < -0.4 is 4.90 Å². The fourth-order valence-electron chi connectivity index (χ4n) is 1.46. The molecule has 0 aliphatic rings. The first kappa shape index (κ1) is 11.3. The van der Waals surface area contributed by atoms with Crippen LogP contribution >= 0.6 is 0 Å². The Hall–Kier alpha value is -2.23. The third-order valence-corrected chi connectivity index (χ3v) is 2.38. The second-order valence-electron chi connectivity index (χ2n) is 3.56. The number of carbonyl (C=O) groups is 1. The number of pyridine rings is 1. The second-order valence-corrected chi connectivity index (χ2v) is 3.56. The number of anilines is 1. The van der Waals surface area contributed by atoms with Crippen LogP contribution in [0.25, 0.3) is 0 Å². The minimum atomic E-state index is -0.372. The Labute approximate surface area is 98.5 Å². The highest BCUT2D eigenvalue weighted by Crippen LogP contribution is 2.15. The fraction of sp³-hybridized carbons (Fsp3) is 0.0769. The Kier molecular flexibility index (Phi) is 3.14. The minimum absolute atomic E-state index is 0.267. The molecule has 17 heavy (non-hydrogen) atoms. The lowest BCUT2D eigenvalue weighted by molar-refractivity contribution is 0.0988. The summed E-state index contributed by atoms with van der Waals surface area (Å²) in [6, 6.07) is 11.0. The van der Waals surface area contributed by atoms with Gasteiger partial charge in [0, 0.05) is 18.9 Å². The lowest BCUT2D eigenvalue weighted by atomic mass is 10.2. The van der Waals surface area contributed by atoms with E-state index < -0.39 is 0 Å². The summed E-state index contributed by atoms with van der Waals surface area (Å²) in [7, 11) is 1.59. The molecule has 2 rings (SSSR count). The van der Waals surface area contributed by atoms with E-state index in [1.807, 2.05) is 0 Å². The Bertz CT molecular complexity index is 528. The molecule has 0 N–H and O–H groups in total. The van der Waals surface area contributed by atoms with Gasteiger partial charge in [0.15, 0.2) is 0 Å². The average molecular weight is 230 g/mol. The van der Waals surface area contributed by atoms with Crippen LogP contribution in [0.4, 0.5) is 10.1 Å². The molecule has 3 nitrogen and oxygen atoms in total. The maximum atomic E-state index is 13.0. The summed E-state index contributed by atoms with van der Waals surface area (Å²) in [5.74, 6) is -0.639. The molecule has 0 saturated carbocycles. The quantitative estimate of drug-likeness (QED) is 0.794. The van der Waals surface area contributed by atoms with Gasteiger partial charge in [-0.05, 0) is 30.3 Å². The highest BCUT2D eigenvalue weighted by Gasteiger charge is 2.14. The van der Waals surface area contributed by atoms with E-state index in [1.165, 1.54) is 17.0 Å². The highest BCUT2D eigenvalue weighted by atomic mass is 19.1. The minimum Gasteiger partial charge on any atom is -0.310 e. The first-order chi connectivity index (χ1) is 8.18. The van der Waals surface area contributed by atoms with Crippen molar-refractivity contribution in [3.63, 3.8) is 0 Å². The summed E-state index contributed by atoms with van der Waals surface area (Å²) in [6.45, 7) is 0. The van der Waals surface area contributed by atoms with Gasteiger partial charge in [-0.2, -0.15) is 0 Å². The van der Waals surface area contributed by atoms with E-state index in [0.717, 1.165) is 0 Å². The largest absolute Gasteiger partial charge is 0.310 e. The number of hydrogen-bond donors (Lipinski definition) is 0. The molecule has 2 aromatic rings. The van der Waals surface area contributed by atoms with Crippen molar-refractivity contribution in [3.8, 4) is 0 Å². The Morgan fingerprint density at radius 2 is 2.06 bits per heavy atom. The molecular formula is C13H11FN2O. The van der Waals surface area contributed by atoms with E-state index >= 15 is 0 Å². The monoisotopic (exact) mass is 230 g/mol. The first-order valence-electron chi connectivity index (χ1n) is 5.13. The summed E-state index contributed by atoms with van der Waals surface area (Å²) in [5.41, 5.74) is 0.833. The Morgan fingerprint density at radius 1 is 1.24 bits per heavy atom. The van der Waals surface area contributed by atoms with Gasteiger partial charge in [0.05, 0.1) is 0 Å². The molecule has 1 aromatic heterocycles. The molecule has 0 bridgehead atoms. The van der Waals surface area contributed by atoms with Crippen molar-refractivity contribution in [3.05, 3.63) is 60.2 Å². The van der Waals surface area contributed by atoms with E-state index in [9.17, 15) is 9.18 Å². The summed E-state index contributed by atoms with van der Waals surface area (Å²) >= 11 is 0. The van der Waals surface area contributed by atoms with Crippen LogP contribution in [0, 0.1) is 5.82 Å². The fourth-order valence-corrected chi connectivity index (χ4v) is 1.46. The lowest BCUT2D eigenvalue weighted by Crippen LogP contribution is -2.27. The number of hydrogen-bond acceptors (Lipinski definition) is 2. The standard InChI is InChI=1S/C13H11FN2O/c1-16(11-6-4-5-10(14)9-11)13(17)12-7-2-3-8-15-12/h2-9H,1H3. The van der Waals surface area contributed by atoms with Crippen molar-refractivity contribution >= 4 is 11.6 Å². The molecular weight excluding hydrogens is 219 g/mol. The third kappa shape index (κ3) is 2.47. The van der Waals surface area contributed by atoms with Crippen LogP contribution in [0.2, 0.25) is 0 Å². The molecule has 0 fully saturated rings. The number of benzene rings is 1. The zero-order chi connectivity index (χ0) is 12.3. The van der Waals surface area contributed by atoms with Gasteiger partial charge in [-0.1, -0.05) is 12.1 Å². The smallest absolute Gasteiger partial charge is 0.276 e. The molecule has 0 saturated heterocycles. The number of halogens is 1. The average Bonchev–Trinajstić information content (AvgIpc) is 2.38. The van der Waals surface area contributed by atoms with Gasteiger partial charge in [0.25, 0.3) is 5.91 Å². The van der Waals surface area contributed by atoms with Crippen LogP contribution in [0.1, 0.15) is 10.5 Å². The van der Waals surface area contributed by atoms with E-state index in [1.54, 1.807) is 43.6 Å². The van der Waals surface area contributed by atoms with E-state index in [2.05, 4.69) is 4.98 Å². The Morgan fingerprint density at radius 3 is 2.71 bits per heavy atom. The molecule has 1 aromatic carbocycles. The van der Waals surface area contributed by atoms with Crippen LogP contribution in [-0.4, -0.2) is 17.9 Å². The zero-order valence-electron chi connectivity index (χ0n) is 9.30. The second kappa shape index (κ2) is 4.74. The zero-order valence-corrected chi connectivity index (χ0v) is 9.30. The van der Waals surface area contributed by atoms with Crippen LogP contribution in [0.15, 0.2) is 48.7 Å². The van der Waals surface area contributed by atoms with Crippen molar-refractivity contribution in [1.82, 2.24) is 4.98 Å². The van der Waals surface area contributed by atoms with Crippen molar-refractivity contribution in [1.29, 1.82) is 0 Å². The van der Waals surface area contributed by atoms with Gasteiger partial charge in [-0.15, -0.1) is 0 Å². The van der Waals surface area contributed by atoms with E-state index in [4.69, 9.17) is 0 Å². The topological polar surface area (TPSA) is 33.2 Å². The van der Waals surface area contributed by atoms with Crippen molar-refractivity contribution in [2.45, 2.75) is 0 Å². The van der Waals surface area contributed by atoms with Crippen molar-refractivity contribution < 1.29 is 9.18 Å². The molecule has 0 radical (unpaired) electrons. The third-order valence-electron chi connectivity index (χ3n) is 2.38. The SMILES string of the molecule is CN(C(=O)c1ccccn1)c1cccc(F)c1. The summed E-state index contributed by atoms with van der Waals surface area (Å²) < 4.78 is 13.0. The molecule has 0 spiro atoms. The summed E-state index contributed by atoms with van der Waals surface area (Å²) in [5, 5.41) is 0. The van der Waals surface area contributed by atoms with Crippen LogP contribution in [-0.2, 0) is 0 Å². The summed E-state index contributed by atoms with van der Waals surface area (Å²) in [4.78, 5) is 17.3. The summed E-state index contributed by atoms with van der Waals surface area (Å²) in [6.07, 6.45) is 1.55. The van der Waals surface area contributed by atoms with E-state index in [0.29, 0.717) is 11.4 Å². The van der Waals surface area contributed by atoms with Crippen molar-refractivity contribution in [2.75, 3.05) is 11.9 Å².